The summed E-state index contributed by atoms with van der Waals surface area (Å²) in [4.78, 5) is 22.3. The zero-order valence-corrected chi connectivity index (χ0v) is 9.06. The van der Waals surface area contributed by atoms with E-state index in [0.717, 1.165) is 25.7 Å². The molecule has 0 radical (unpaired) electrons. The fourth-order valence-electron chi connectivity index (χ4n) is 2.33. The van der Waals surface area contributed by atoms with E-state index < -0.39 is 18.0 Å². The Balaban J connectivity index is 1.81. The summed E-state index contributed by atoms with van der Waals surface area (Å²) in [6.07, 6.45) is 3.48. The molecular formula is C11H17NO4. The van der Waals surface area contributed by atoms with Gasteiger partial charge in [0.1, 0.15) is 0 Å². The van der Waals surface area contributed by atoms with Crippen molar-refractivity contribution in [3.63, 3.8) is 0 Å². The van der Waals surface area contributed by atoms with Gasteiger partial charge in [0.2, 0.25) is 5.91 Å². The first kappa shape index (κ1) is 11.4. The lowest BCUT2D eigenvalue weighted by Crippen LogP contribution is -2.45. The number of amides is 1. The molecule has 0 aliphatic heterocycles. The van der Waals surface area contributed by atoms with Crippen molar-refractivity contribution >= 4 is 11.9 Å². The van der Waals surface area contributed by atoms with E-state index in [-0.39, 0.29) is 17.9 Å². The highest BCUT2D eigenvalue weighted by Gasteiger charge is 2.48. The van der Waals surface area contributed by atoms with Crippen LogP contribution in [-0.4, -0.2) is 34.2 Å². The number of carboxylic acid groups (broad SMARTS) is 1. The van der Waals surface area contributed by atoms with Crippen LogP contribution in [0.1, 0.15) is 32.1 Å². The lowest BCUT2D eigenvalue weighted by molar-refractivity contribution is -0.140. The average Bonchev–Trinajstić information content (AvgIpc) is 3.01. The number of nitrogens with one attached hydrogen (secondary N) is 1. The number of aliphatic carboxylic acids is 1. The van der Waals surface area contributed by atoms with Crippen LogP contribution in [-0.2, 0) is 9.59 Å². The lowest BCUT2D eigenvalue weighted by Gasteiger charge is -2.28. The van der Waals surface area contributed by atoms with Crippen LogP contribution in [0.2, 0.25) is 0 Å². The van der Waals surface area contributed by atoms with Gasteiger partial charge in [0.25, 0.3) is 0 Å². The molecule has 0 aromatic heterocycles. The fraction of sp³-hybridized carbons (Fsp3) is 0.818. The maximum atomic E-state index is 11.6. The number of hydrogen-bond donors (Lipinski definition) is 3. The third kappa shape index (κ3) is 2.35. The van der Waals surface area contributed by atoms with Crippen LogP contribution in [0.15, 0.2) is 0 Å². The Morgan fingerprint density at radius 1 is 1.12 bits per heavy atom. The summed E-state index contributed by atoms with van der Waals surface area (Å²) in [5.74, 6) is -2.00. The second-order valence-electron chi connectivity index (χ2n) is 4.75. The SMILES string of the molecule is O=C(O)C1CC1C(=O)N[C@@H]1CCCC[C@H]1O. The van der Waals surface area contributed by atoms with Gasteiger partial charge >= 0.3 is 5.97 Å². The topological polar surface area (TPSA) is 86.6 Å². The van der Waals surface area contributed by atoms with Crippen LogP contribution in [0.4, 0.5) is 0 Å². The number of carbonyl (C=O) groups excluding carboxylic acids is 1. The van der Waals surface area contributed by atoms with Gasteiger partial charge in [-0.15, -0.1) is 0 Å². The van der Waals surface area contributed by atoms with E-state index in [9.17, 15) is 14.7 Å². The number of aliphatic hydroxyl groups is 1. The van der Waals surface area contributed by atoms with Crippen LogP contribution in [0.25, 0.3) is 0 Å². The molecule has 2 unspecified atom stereocenters. The molecule has 0 aromatic carbocycles. The monoisotopic (exact) mass is 227 g/mol. The van der Waals surface area contributed by atoms with Gasteiger partial charge in [-0.3, -0.25) is 9.59 Å². The molecule has 2 rings (SSSR count). The van der Waals surface area contributed by atoms with Crippen molar-refractivity contribution in [3.05, 3.63) is 0 Å². The molecule has 0 aromatic rings. The fourth-order valence-corrected chi connectivity index (χ4v) is 2.33. The molecular weight excluding hydrogens is 210 g/mol. The summed E-state index contributed by atoms with van der Waals surface area (Å²) < 4.78 is 0. The van der Waals surface area contributed by atoms with Gasteiger partial charge in [-0.2, -0.15) is 0 Å². The molecule has 2 aliphatic rings. The van der Waals surface area contributed by atoms with E-state index in [2.05, 4.69) is 5.32 Å². The summed E-state index contributed by atoms with van der Waals surface area (Å²) in [5, 5.41) is 21.1. The van der Waals surface area contributed by atoms with Gasteiger partial charge in [0, 0.05) is 0 Å². The highest BCUT2D eigenvalue weighted by Crippen LogP contribution is 2.39. The minimum absolute atomic E-state index is 0.184. The first-order chi connectivity index (χ1) is 7.59. The van der Waals surface area contributed by atoms with Gasteiger partial charge in [0.15, 0.2) is 0 Å². The Kier molecular flexibility index (Phi) is 3.14. The standard InChI is InChI=1S/C11H17NO4/c13-9-4-2-1-3-8(9)12-10(14)6-5-7(6)11(15)16/h6-9,13H,1-5H2,(H,12,14)(H,15,16)/t6?,7?,8-,9-/m1/s1. The number of rotatable bonds is 3. The van der Waals surface area contributed by atoms with E-state index in [1.807, 2.05) is 0 Å². The van der Waals surface area contributed by atoms with Crippen LogP contribution in [0, 0.1) is 11.8 Å². The second kappa shape index (κ2) is 4.41. The number of hydrogen-bond acceptors (Lipinski definition) is 3. The Hall–Kier alpha value is -1.10. The molecule has 4 atom stereocenters. The summed E-state index contributed by atoms with van der Waals surface area (Å²) in [6, 6.07) is -0.184. The number of carboxylic acids is 1. The summed E-state index contributed by atoms with van der Waals surface area (Å²) in [5.41, 5.74) is 0. The van der Waals surface area contributed by atoms with Crippen molar-refractivity contribution in [1.82, 2.24) is 5.32 Å². The zero-order valence-electron chi connectivity index (χ0n) is 9.06. The van der Waals surface area contributed by atoms with Crippen molar-refractivity contribution in [1.29, 1.82) is 0 Å². The van der Waals surface area contributed by atoms with Crippen LogP contribution < -0.4 is 5.32 Å². The molecule has 0 saturated heterocycles. The van der Waals surface area contributed by atoms with Crippen molar-refractivity contribution < 1.29 is 19.8 Å². The predicted molar refractivity (Wildman–Crippen MR) is 55.6 cm³/mol. The van der Waals surface area contributed by atoms with E-state index in [0.29, 0.717) is 6.42 Å². The van der Waals surface area contributed by atoms with E-state index in [1.165, 1.54) is 0 Å². The van der Waals surface area contributed by atoms with Gasteiger partial charge in [-0.05, 0) is 19.3 Å². The first-order valence-corrected chi connectivity index (χ1v) is 5.81. The second-order valence-corrected chi connectivity index (χ2v) is 4.75. The lowest BCUT2D eigenvalue weighted by atomic mass is 9.92. The molecule has 0 heterocycles. The molecule has 3 N–H and O–H groups in total. The molecule has 2 fully saturated rings. The van der Waals surface area contributed by atoms with Crippen LogP contribution >= 0.6 is 0 Å². The Morgan fingerprint density at radius 3 is 2.38 bits per heavy atom. The molecule has 16 heavy (non-hydrogen) atoms. The first-order valence-electron chi connectivity index (χ1n) is 5.81. The molecule has 0 bridgehead atoms. The highest BCUT2D eigenvalue weighted by molar-refractivity contribution is 5.89. The largest absolute Gasteiger partial charge is 0.481 e. The van der Waals surface area contributed by atoms with Crippen molar-refractivity contribution in [2.24, 2.45) is 11.8 Å². The smallest absolute Gasteiger partial charge is 0.307 e. The van der Waals surface area contributed by atoms with Gasteiger partial charge in [-0.1, -0.05) is 12.8 Å². The van der Waals surface area contributed by atoms with E-state index in [1.54, 1.807) is 0 Å². The summed E-state index contributed by atoms with van der Waals surface area (Å²) >= 11 is 0. The minimum atomic E-state index is -0.899. The minimum Gasteiger partial charge on any atom is -0.481 e. The van der Waals surface area contributed by atoms with E-state index in [4.69, 9.17) is 5.11 Å². The average molecular weight is 227 g/mol. The highest BCUT2D eigenvalue weighted by atomic mass is 16.4. The van der Waals surface area contributed by atoms with Crippen LogP contribution in [0.5, 0.6) is 0 Å². The molecule has 2 aliphatic carbocycles. The summed E-state index contributed by atoms with van der Waals surface area (Å²) in [6.45, 7) is 0. The van der Waals surface area contributed by atoms with E-state index >= 15 is 0 Å². The van der Waals surface area contributed by atoms with Crippen molar-refractivity contribution in [2.75, 3.05) is 0 Å². The predicted octanol–water partition coefficient (Wildman–Crippen LogP) is 0.127. The summed E-state index contributed by atoms with van der Waals surface area (Å²) in [7, 11) is 0. The zero-order chi connectivity index (χ0) is 11.7. The van der Waals surface area contributed by atoms with Crippen LogP contribution in [0.3, 0.4) is 0 Å². The molecule has 90 valence electrons. The Morgan fingerprint density at radius 2 is 1.81 bits per heavy atom. The molecule has 2 saturated carbocycles. The molecule has 5 heteroatoms. The third-order valence-electron chi connectivity index (χ3n) is 3.50. The maximum absolute atomic E-state index is 11.6. The third-order valence-corrected chi connectivity index (χ3v) is 3.50. The van der Waals surface area contributed by atoms with Gasteiger partial charge in [0.05, 0.1) is 24.0 Å². The molecule has 1 amide bonds. The number of carbonyl (C=O) groups is 2. The maximum Gasteiger partial charge on any atom is 0.307 e. The Labute approximate surface area is 93.8 Å². The molecule has 5 nitrogen and oxygen atoms in total. The normalized spacial score (nSPS) is 37.8. The Bertz CT molecular complexity index is 304. The van der Waals surface area contributed by atoms with Crippen molar-refractivity contribution in [3.8, 4) is 0 Å². The van der Waals surface area contributed by atoms with Gasteiger partial charge < -0.3 is 15.5 Å². The quantitative estimate of drug-likeness (QED) is 0.639. The molecule has 0 spiro atoms. The number of aliphatic hydroxyl groups excluding tert-OH is 1. The van der Waals surface area contributed by atoms with Gasteiger partial charge in [-0.25, -0.2) is 0 Å². The van der Waals surface area contributed by atoms with Crippen molar-refractivity contribution in [2.45, 2.75) is 44.2 Å².